The van der Waals surface area contributed by atoms with Crippen molar-refractivity contribution in [1.29, 1.82) is 0 Å². The van der Waals surface area contributed by atoms with E-state index in [2.05, 4.69) is 10.9 Å². The van der Waals surface area contributed by atoms with E-state index in [9.17, 15) is 14.4 Å². The molecule has 2 rings (SSSR count). The molecule has 0 aliphatic rings. The Morgan fingerprint density at radius 2 is 1.64 bits per heavy atom. The smallest absolute Gasteiger partial charge is 0.269 e. The first-order valence-corrected chi connectivity index (χ1v) is 8.86. The molecule has 0 fully saturated rings. The Morgan fingerprint density at radius 1 is 0.920 bits per heavy atom. The number of carbonyl (C=O) groups excluding carboxylic acids is 3. The van der Waals surface area contributed by atoms with Crippen LogP contribution in [0.15, 0.2) is 24.3 Å². The van der Waals surface area contributed by atoms with Gasteiger partial charge in [-0.05, 0) is 45.4 Å². The van der Waals surface area contributed by atoms with Crippen LogP contribution in [0.25, 0.3) is 0 Å². The zero-order valence-corrected chi connectivity index (χ0v) is 15.7. The predicted octanol–water partition coefficient (Wildman–Crippen LogP) is 3.41. The van der Waals surface area contributed by atoms with Crippen LogP contribution < -0.4 is 10.9 Å². The van der Waals surface area contributed by atoms with Crippen molar-refractivity contribution in [2.75, 3.05) is 0 Å². The standard InChI is InChI=1S/C19H22N2O3S/c1-11-5-6-15(12(2)9-11)19(24)21-20-18(23)8-7-17(22)16-10-13(3)25-14(16)4/h5-6,9-10H,7-8H2,1-4H3,(H,20,23)(H,21,24). The number of carbonyl (C=O) groups is 3. The molecule has 0 spiro atoms. The van der Waals surface area contributed by atoms with Crippen molar-refractivity contribution >= 4 is 28.9 Å². The van der Waals surface area contributed by atoms with Crippen molar-refractivity contribution in [3.63, 3.8) is 0 Å². The summed E-state index contributed by atoms with van der Waals surface area (Å²) in [5, 5.41) is 0. The van der Waals surface area contributed by atoms with Crippen molar-refractivity contribution < 1.29 is 14.4 Å². The molecule has 1 aromatic heterocycles. The van der Waals surface area contributed by atoms with E-state index in [4.69, 9.17) is 0 Å². The first-order chi connectivity index (χ1) is 11.8. The van der Waals surface area contributed by atoms with Crippen molar-refractivity contribution in [1.82, 2.24) is 10.9 Å². The molecule has 0 aliphatic heterocycles. The van der Waals surface area contributed by atoms with Crippen LogP contribution in [0.2, 0.25) is 0 Å². The molecule has 0 radical (unpaired) electrons. The van der Waals surface area contributed by atoms with E-state index in [1.165, 1.54) is 0 Å². The maximum absolute atomic E-state index is 12.2. The van der Waals surface area contributed by atoms with Crippen LogP contribution in [0.5, 0.6) is 0 Å². The molecule has 0 aliphatic carbocycles. The largest absolute Gasteiger partial charge is 0.294 e. The van der Waals surface area contributed by atoms with Gasteiger partial charge in [-0.3, -0.25) is 25.2 Å². The predicted molar refractivity (Wildman–Crippen MR) is 98.9 cm³/mol. The SMILES string of the molecule is Cc1ccc(C(=O)NNC(=O)CCC(=O)c2cc(C)sc2C)c(C)c1. The van der Waals surface area contributed by atoms with E-state index in [1.807, 2.05) is 45.9 Å². The number of ketones is 1. The summed E-state index contributed by atoms with van der Waals surface area (Å²) in [5.41, 5.74) is 7.84. The zero-order valence-electron chi connectivity index (χ0n) is 14.9. The summed E-state index contributed by atoms with van der Waals surface area (Å²) in [6.07, 6.45) is 0.141. The van der Waals surface area contributed by atoms with Gasteiger partial charge in [0, 0.05) is 33.7 Å². The summed E-state index contributed by atoms with van der Waals surface area (Å²) in [5.74, 6) is -0.824. The lowest BCUT2D eigenvalue weighted by atomic mass is 10.1. The maximum atomic E-state index is 12.2. The molecule has 0 saturated carbocycles. The summed E-state index contributed by atoms with van der Waals surface area (Å²) in [7, 11) is 0. The number of Topliss-reactive ketones (excluding diaryl/α,β-unsaturated/α-hetero) is 1. The summed E-state index contributed by atoms with van der Waals surface area (Å²) in [6.45, 7) is 7.64. The number of amides is 2. The number of benzene rings is 1. The third-order valence-electron chi connectivity index (χ3n) is 3.86. The molecule has 2 amide bonds. The van der Waals surface area contributed by atoms with E-state index in [1.54, 1.807) is 17.4 Å². The van der Waals surface area contributed by atoms with Crippen LogP contribution >= 0.6 is 11.3 Å². The van der Waals surface area contributed by atoms with E-state index in [0.717, 1.165) is 20.9 Å². The number of rotatable bonds is 5. The first-order valence-electron chi connectivity index (χ1n) is 8.04. The van der Waals surface area contributed by atoms with Crippen LogP contribution in [0, 0.1) is 27.7 Å². The molecule has 0 saturated heterocycles. The van der Waals surface area contributed by atoms with Gasteiger partial charge in [-0.2, -0.15) is 0 Å². The lowest BCUT2D eigenvalue weighted by molar-refractivity contribution is -0.121. The topological polar surface area (TPSA) is 75.3 Å². The molecule has 5 nitrogen and oxygen atoms in total. The highest BCUT2D eigenvalue weighted by molar-refractivity contribution is 7.12. The van der Waals surface area contributed by atoms with Gasteiger partial charge in [0.1, 0.15) is 0 Å². The fourth-order valence-electron chi connectivity index (χ4n) is 2.59. The van der Waals surface area contributed by atoms with Crippen molar-refractivity contribution in [2.45, 2.75) is 40.5 Å². The number of aryl methyl sites for hydroxylation is 4. The Balaban J connectivity index is 1.83. The minimum Gasteiger partial charge on any atom is -0.294 e. The Hall–Kier alpha value is -2.47. The van der Waals surface area contributed by atoms with Gasteiger partial charge in [0.15, 0.2) is 5.78 Å². The van der Waals surface area contributed by atoms with Crippen molar-refractivity contribution in [3.8, 4) is 0 Å². The number of hydrazine groups is 1. The van der Waals surface area contributed by atoms with Gasteiger partial charge in [0.2, 0.25) is 5.91 Å². The van der Waals surface area contributed by atoms with Gasteiger partial charge in [0.25, 0.3) is 5.91 Å². The molecule has 1 heterocycles. The number of hydrogen-bond acceptors (Lipinski definition) is 4. The van der Waals surface area contributed by atoms with E-state index < -0.39 is 5.91 Å². The number of nitrogens with one attached hydrogen (secondary N) is 2. The Morgan fingerprint density at radius 3 is 2.24 bits per heavy atom. The minimum atomic E-state index is -0.393. The summed E-state index contributed by atoms with van der Waals surface area (Å²) in [6, 6.07) is 7.31. The normalized spacial score (nSPS) is 10.4. The number of thiophene rings is 1. The third kappa shape index (κ3) is 5.00. The van der Waals surface area contributed by atoms with Gasteiger partial charge in [-0.1, -0.05) is 17.7 Å². The summed E-state index contributed by atoms with van der Waals surface area (Å²) in [4.78, 5) is 38.2. The summed E-state index contributed by atoms with van der Waals surface area (Å²) >= 11 is 1.57. The van der Waals surface area contributed by atoms with Crippen molar-refractivity contribution in [3.05, 3.63) is 56.3 Å². The fraction of sp³-hybridized carbons (Fsp3) is 0.316. The third-order valence-corrected chi connectivity index (χ3v) is 4.83. The monoisotopic (exact) mass is 358 g/mol. The van der Waals surface area contributed by atoms with Crippen LogP contribution in [0.3, 0.4) is 0 Å². The molecule has 0 bridgehead atoms. The molecule has 6 heteroatoms. The van der Waals surface area contributed by atoms with E-state index in [0.29, 0.717) is 11.1 Å². The van der Waals surface area contributed by atoms with Gasteiger partial charge < -0.3 is 0 Å². The lowest BCUT2D eigenvalue weighted by Gasteiger charge is -2.09. The molecule has 0 unspecified atom stereocenters. The second-order valence-electron chi connectivity index (χ2n) is 6.07. The minimum absolute atomic E-state index is 0.0281. The fourth-order valence-corrected chi connectivity index (χ4v) is 3.54. The van der Waals surface area contributed by atoms with Crippen LogP contribution in [0.1, 0.15) is 54.4 Å². The number of hydrogen-bond donors (Lipinski definition) is 2. The molecule has 2 aromatic rings. The Bertz CT molecular complexity index is 824. The molecule has 1 aromatic carbocycles. The second kappa shape index (κ2) is 8.07. The van der Waals surface area contributed by atoms with Crippen LogP contribution in [-0.2, 0) is 4.79 Å². The van der Waals surface area contributed by atoms with Gasteiger partial charge in [0.05, 0.1) is 0 Å². The van der Waals surface area contributed by atoms with Crippen molar-refractivity contribution in [2.24, 2.45) is 0 Å². The Labute approximate surface area is 151 Å². The highest BCUT2D eigenvalue weighted by Gasteiger charge is 2.15. The average Bonchev–Trinajstić information content (AvgIpc) is 2.88. The zero-order chi connectivity index (χ0) is 18.6. The van der Waals surface area contributed by atoms with E-state index >= 15 is 0 Å². The molecule has 0 atom stereocenters. The van der Waals surface area contributed by atoms with Crippen LogP contribution in [0.4, 0.5) is 0 Å². The van der Waals surface area contributed by atoms with Gasteiger partial charge in [-0.25, -0.2) is 0 Å². The highest BCUT2D eigenvalue weighted by atomic mass is 32.1. The average molecular weight is 358 g/mol. The van der Waals surface area contributed by atoms with Gasteiger partial charge >= 0.3 is 0 Å². The Kier molecular flexibility index (Phi) is 6.09. The van der Waals surface area contributed by atoms with Gasteiger partial charge in [-0.15, -0.1) is 11.3 Å². The lowest BCUT2D eigenvalue weighted by Crippen LogP contribution is -2.41. The highest BCUT2D eigenvalue weighted by Crippen LogP contribution is 2.22. The maximum Gasteiger partial charge on any atom is 0.269 e. The molecular formula is C19H22N2O3S. The quantitative estimate of drug-likeness (QED) is 0.635. The van der Waals surface area contributed by atoms with Crippen LogP contribution in [-0.4, -0.2) is 17.6 Å². The molecular weight excluding hydrogens is 336 g/mol. The first kappa shape index (κ1) is 18.9. The van der Waals surface area contributed by atoms with E-state index in [-0.39, 0.29) is 24.5 Å². The molecule has 25 heavy (non-hydrogen) atoms. The molecule has 132 valence electrons. The second-order valence-corrected chi connectivity index (χ2v) is 7.53. The summed E-state index contributed by atoms with van der Waals surface area (Å²) < 4.78 is 0. The molecule has 2 N–H and O–H groups in total.